The number of carboxylic acid groups (broad SMARTS) is 1. The number of carbonyl (C=O) groups excluding carboxylic acids is 2. The summed E-state index contributed by atoms with van der Waals surface area (Å²) in [6.45, 7) is 4.80. The van der Waals surface area contributed by atoms with Crippen LogP contribution in [0.15, 0.2) is 0 Å². The zero-order valence-electron chi connectivity index (χ0n) is 11.0. The largest absolute Gasteiger partial charge is 0.481 e. The van der Waals surface area contributed by atoms with E-state index in [1.807, 2.05) is 6.92 Å². The van der Waals surface area contributed by atoms with Crippen LogP contribution in [0.2, 0.25) is 0 Å². The van der Waals surface area contributed by atoms with Gasteiger partial charge in [-0.05, 0) is 26.2 Å². The van der Waals surface area contributed by atoms with Crippen LogP contribution in [0.1, 0.15) is 46.5 Å². The highest BCUT2D eigenvalue weighted by Crippen LogP contribution is 2.10. The molecule has 0 aliphatic heterocycles. The lowest BCUT2D eigenvalue weighted by molar-refractivity contribution is -0.170. The van der Waals surface area contributed by atoms with Gasteiger partial charge in [-0.2, -0.15) is 0 Å². The summed E-state index contributed by atoms with van der Waals surface area (Å²) in [4.78, 5) is 32.9. The van der Waals surface area contributed by atoms with Gasteiger partial charge in [-0.3, -0.25) is 9.59 Å². The molecule has 18 heavy (non-hydrogen) atoms. The van der Waals surface area contributed by atoms with E-state index in [1.54, 1.807) is 6.92 Å². The molecule has 0 aromatic carbocycles. The second-order valence-corrected chi connectivity index (χ2v) is 4.04. The van der Waals surface area contributed by atoms with E-state index in [0.29, 0.717) is 6.42 Å². The predicted octanol–water partition coefficient (Wildman–Crippen LogP) is 1.51. The topological polar surface area (TPSA) is 89.9 Å². The standard InChI is InChI=1S/C12H20O6/c1-4-8(2)17-12(16)10(18-9(3)13)6-5-7-11(14)15/h8,10H,4-7H2,1-3H3,(H,14,15). The van der Waals surface area contributed by atoms with Crippen molar-refractivity contribution in [3.8, 4) is 0 Å². The molecule has 104 valence electrons. The first-order chi connectivity index (χ1) is 8.36. The number of rotatable bonds is 8. The molecule has 0 rings (SSSR count). The Bertz CT molecular complexity index is 299. The number of esters is 2. The molecule has 0 bridgehead atoms. The fourth-order valence-electron chi connectivity index (χ4n) is 1.22. The van der Waals surface area contributed by atoms with Gasteiger partial charge in [-0.15, -0.1) is 0 Å². The molecule has 0 radical (unpaired) electrons. The summed E-state index contributed by atoms with van der Waals surface area (Å²) in [6, 6.07) is 0. The Labute approximate surface area is 106 Å². The molecule has 0 heterocycles. The van der Waals surface area contributed by atoms with Crippen molar-refractivity contribution in [1.29, 1.82) is 0 Å². The average Bonchev–Trinajstić information content (AvgIpc) is 2.26. The van der Waals surface area contributed by atoms with Crippen molar-refractivity contribution in [2.24, 2.45) is 0 Å². The molecule has 0 amide bonds. The van der Waals surface area contributed by atoms with Crippen molar-refractivity contribution in [3.05, 3.63) is 0 Å². The SMILES string of the molecule is CCC(C)OC(=O)C(CCCC(=O)O)OC(C)=O. The fraction of sp³-hybridized carbons (Fsp3) is 0.750. The van der Waals surface area contributed by atoms with E-state index >= 15 is 0 Å². The van der Waals surface area contributed by atoms with Gasteiger partial charge < -0.3 is 14.6 Å². The third kappa shape index (κ3) is 7.65. The Morgan fingerprint density at radius 3 is 2.28 bits per heavy atom. The quantitative estimate of drug-likeness (QED) is 0.665. The van der Waals surface area contributed by atoms with Gasteiger partial charge in [-0.1, -0.05) is 6.92 Å². The fourth-order valence-corrected chi connectivity index (χ4v) is 1.22. The van der Waals surface area contributed by atoms with Crippen LogP contribution in [-0.4, -0.2) is 35.2 Å². The van der Waals surface area contributed by atoms with E-state index < -0.39 is 24.0 Å². The molecular formula is C12H20O6. The molecule has 2 atom stereocenters. The zero-order chi connectivity index (χ0) is 14.1. The Balaban J connectivity index is 4.32. The first kappa shape index (κ1) is 16.4. The lowest BCUT2D eigenvalue weighted by atomic mass is 10.1. The summed E-state index contributed by atoms with van der Waals surface area (Å²) >= 11 is 0. The molecule has 6 nitrogen and oxygen atoms in total. The van der Waals surface area contributed by atoms with E-state index in [9.17, 15) is 14.4 Å². The summed E-state index contributed by atoms with van der Waals surface area (Å²) in [5, 5.41) is 8.51. The second-order valence-electron chi connectivity index (χ2n) is 4.04. The number of hydrogen-bond acceptors (Lipinski definition) is 5. The van der Waals surface area contributed by atoms with Crippen LogP contribution < -0.4 is 0 Å². The Hall–Kier alpha value is -1.59. The minimum atomic E-state index is -1.02. The highest BCUT2D eigenvalue weighted by molar-refractivity contribution is 5.78. The maximum atomic E-state index is 11.7. The average molecular weight is 260 g/mol. The van der Waals surface area contributed by atoms with Crippen molar-refractivity contribution in [2.45, 2.75) is 58.7 Å². The molecular weight excluding hydrogens is 240 g/mol. The third-order valence-electron chi connectivity index (χ3n) is 2.32. The molecule has 0 saturated heterocycles. The summed E-state index contributed by atoms with van der Waals surface area (Å²) in [7, 11) is 0. The van der Waals surface area contributed by atoms with Crippen molar-refractivity contribution in [2.75, 3.05) is 0 Å². The van der Waals surface area contributed by atoms with Gasteiger partial charge in [0.15, 0.2) is 6.10 Å². The van der Waals surface area contributed by atoms with Gasteiger partial charge in [0.25, 0.3) is 0 Å². The number of hydrogen-bond donors (Lipinski definition) is 1. The first-order valence-electron chi connectivity index (χ1n) is 5.96. The van der Waals surface area contributed by atoms with E-state index in [2.05, 4.69) is 0 Å². The molecule has 0 aliphatic rings. The van der Waals surface area contributed by atoms with Gasteiger partial charge in [0.2, 0.25) is 0 Å². The Kier molecular flexibility index (Phi) is 7.74. The number of ether oxygens (including phenoxy) is 2. The van der Waals surface area contributed by atoms with Crippen LogP contribution in [0.5, 0.6) is 0 Å². The van der Waals surface area contributed by atoms with Crippen LogP contribution in [0.25, 0.3) is 0 Å². The van der Waals surface area contributed by atoms with Crippen LogP contribution in [0.4, 0.5) is 0 Å². The van der Waals surface area contributed by atoms with Crippen molar-refractivity contribution < 1.29 is 29.0 Å². The molecule has 0 spiro atoms. The van der Waals surface area contributed by atoms with Gasteiger partial charge in [0.1, 0.15) is 0 Å². The lowest BCUT2D eigenvalue weighted by Gasteiger charge is -2.18. The minimum Gasteiger partial charge on any atom is -0.481 e. The molecule has 6 heteroatoms. The number of carbonyl (C=O) groups is 3. The van der Waals surface area contributed by atoms with Crippen molar-refractivity contribution in [1.82, 2.24) is 0 Å². The van der Waals surface area contributed by atoms with E-state index in [-0.39, 0.29) is 25.4 Å². The predicted molar refractivity (Wildman–Crippen MR) is 62.9 cm³/mol. The van der Waals surface area contributed by atoms with Crippen LogP contribution in [0.3, 0.4) is 0 Å². The molecule has 0 aromatic rings. The molecule has 0 saturated carbocycles. The maximum absolute atomic E-state index is 11.7. The Morgan fingerprint density at radius 1 is 1.22 bits per heavy atom. The van der Waals surface area contributed by atoms with E-state index in [4.69, 9.17) is 14.6 Å². The van der Waals surface area contributed by atoms with Gasteiger partial charge in [0, 0.05) is 13.3 Å². The summed E-state index contributed by atoms with van der Waals surface area (Å²) in [5.74, 6) is -2.16. The van der Waals surface area contributed by atoms with Gasteiger partial charge in [0.05, 0.1) is 6.10 Å². The summed E-state index contributed by atoms with van der Waals surface area (Å²) in [6.07, 6.45) is -0.280. The normalized spacial score (nSPS) is 13.5. The van der Waals surface area contributed by atoms with Gasteiger partial charge in [-0.25, -0.2) is 4.79 Å². The monoisotopic (exact) mass is 260 g/mol. The highest BCUT2D eigenvalue weighted by atomic mass is 16.6. The maximum Gasteiger partial charge on any atom is 0.347 e. The number of aliphatic carboxylic acids is 1. The summed E-state index contributed by atoms with van der Waals surface area (Å²) in [5.41, 5.74) is 0. The van der Waals surface area contributed by atoms with Gasteiger partial charge >= 0.3 is 17.9 Å². The molecule has 0 aliphatic carbocycles. The van der Waals surface area contributed by atoms with Crippen LogP contribution in [0, 0.1) is 0 Å². The van der Waals surface area contributed by atoms with E-state index in [0.717, 1.165) is 0 Å². The molecule has 1 N–H and O–H groups in total. The number of carboxylic acids is 1. The van der Waals surface area contributed by atoms with Crippen LogP contribution in [-0.2, 0) is 23.9 Å². The highest BCUT2D eigenvalue weighted by Gasteiger charge is 2.24. The first-order valence-corrected chi connectivity index (χ1v) is 5.96. The van der Waals surface area contributed by atoms with E-state index in [1.165, 1.54) is 6.92 Å². The molecule has 0 aromatic heterocycles. The lowest BCUT2D eigenvalue weighted by Crippen LogP contribution is -2.31. The Morgan fingerprint density at radius 2 is 1.83 bits per heavy atom. The second kappa shape index (κ2) is 8.49. The van der Waals surface area contributed by atoms with Crippen molar-refractivity contribution >= 4 is 17.9 Å². The zero-order valence-corrected chi connectivity index (χ0v) is 11.0. The smallest absolute Gasteiger partial charge is 0.347 e. The summed E-state index contributed by atoms with van der Waals surface area (Å²) < 4.78 is 9.89. The third-order valence-corrected chi connectivity index (χ3v) is 2.32. The molecule has 0 fully saturated rings. The minimum absolute atomic E-state index is 0.0750. The van der Waals surface area contributed by atoms with Crippen molar-refractivity contribution in [3.63, 3.8) is 0 Å². The van der Waals surface area contributed by atoms with Crippen LogP contribution >= 0.6 is 0 Å². The molecule has 2 unspecified atom stereocenters.